The Morgan fingerprint density at radius 2 is 1.27 bits per heavy atom. The molecular formula is C42H28N2O. The maximum Gasteiger partial charge on any atom is 0.134 e. The zero-order chi connectivity index (χ0) is 29.5. The molecule has 3 heterocycles. The number of rotatable bonds is 2. The number of benzene rings is 6. The predicted octanol–water partition coefficient (Wildman–Crippen LogP) is 10.8. The fourth-order valence-electron chi connectivity index (χ4n) is 7.78. The molecule has 3 heteroatoms. The molecule has 6 aromatic carbocycles. The number of hydrogen-bond donors (Lipinski definition) is 0. The van der Waals surface area contributed by atoms with Crippen LogP contribution in [-0.2, 0) is 0 Å². The fraction of sp³-hybridized carbons (Fsp3) is 0.0476. The van der Waals surface area contributed by atoms with Crippen LogP contribution in [-0.4, -0.2) is 4.57 Å². The van der Waals surface area contributed by atoms with Crippen molar-refractivity contribution in [3.8, 4) is 22.6 Å². The van der Waals surface area contributed by atoms with Crippen LogP contribution in [0.15, 0.2) is 163 Å². The lowest BCUT2D eigenvalue weighted by molar-refractivity contribution is 0.399. The Morgan fingerprint density at radius 3 is 2.18 bits per heavy atom. The highest BCUT2D eigenvalue weighted by Crippen LogP contribution is 2.55. The van der Waals surface area contributed by atoms with Crippen LogP contribution in [0.2, 0.25) is 0 Å². The summed E-state index contributed by atoms with van der Waals surface area (Å²) in [4.78, 5) is 2.48. The maximum absolute atomic E-state index is 6.77. The van der Waals surface area contributed by atoms with Crippen molar-refractivity contribution in [3.05, 3.63) is 174 Å². The summed E-state index contributed by atoms with van der Waals surface area (Å²) in [5.74, 6) is 2.17. The average Bonchev–Trinajstić information content (AvgIpc) is 3.55. The molecule has 45 heavy (non-hydrogen) atoms. The second kappa shape index (κ2) is 9.35. The first kappa shape index (κ1) is 24.6. The molecule has 0 bridgehead atoms. The van der Waals surface area contributed by atoms with E-state index < -0.39 is 0 Å². The van der Waals surface area contributed by atoms with E-state index in [4.69, 9.17) is 4.74 Å². The minimum atomic E-state index is 0.207. The molecule has 10 rings (SSSR count). The van der Waals surface area contributed by atoms with Crippen molar-refractivity contribution in [1.82, 2.24) is 4.57 Å². The number of allylic oxidation sites excluding steroid dienone is 4. The number of nitrogens with zero attached hydrogens (tertiary/aromatic N) is 2. The standard InChI is InChI=1S/C42H28N2O/c1-2-12-27(13-3-1)43-37-19-9-6-16-31(37)34-24-28(22-23-39(34)43)44-38-20-10-7-17-32(38)35-26-42-36(25-40(35)44)30-15-5-4-14-29(30)33-18-8-11-21-41(33)45-42/h1-25,35H,26H2. The van der Waals surface area contributed by atoms with Crippen molar-refractivity contribution in [1.29, 1.82) is 0 Å². The van der Waals surface area contributed by atoms with Crippen molar-refractivity contribution in [2.24, 2.45) is 0 Å². The first-order chi connectivity index (χ1) is 22.3. The van der Waals surface area contributed by atoms with Crippen LogP contribution in [0.25, 0.3) is 44.2 Å². The van der Waals surface area contributed by atoms with E-state index in [-0.39, 0.29) is 5.92 Å². The third-order valence-corrected chi connectivity index (χ3v) is 9.71. The van der Waals surface area contributed by atoms with Gasteiger partial charge >= 0.3 is 0 Å². The molecule has 1 unspecified atom stereocenters. The molecule has 0 spiro atoms. The number of fused-ring (bicyclic) bond motifs is 10. The van der Waals surface area contributed by atoms with Gasteiger partial charge in [0.1, 0.15) is 11.5 Å². The zero-order valence-electron chi connectivity index (χ0n) is 24.5. The van der Waals surface area contributed by atoms with Crippen LogP contribution < -0.4 is 9.64 Å². The molecule has 7 aromatic rings. The molecule has 2 aliphatic heterocycles. The number of ether oxygens (including phenoxy) is 1. The fourth-order valence-corrected chi connectivity index (χ4v) is 7.78. The van der Waals surface area contributed by atoms with Gasteiger partial charge in [0, 0.05) is 57.0 Å². The van der Waals surface area contributed by atoms with Gasteiger partial charge in [-0.25, -0.2) is 0 Å². The van der Waals surface area contributed by atoms with E-state index in [1.165, 1.54) is 66.8 Å². The van der Waals surface area contributed by atoms with E-state index in [1.54, 1.807) is 0 Å². The molecule has 1 aromatic heterocycles. The quantitative estimate of drug-likeness (QED) is 0.204. The van der Waals surface area contributed by atoms with Crippen molar-refractivity contribution >= 4 is 38.8 Å². The zero-order valence-corrected chi connectivity index (χ0v) is 24.5. The Hall–Kier alpha value is -5.80. The minimum Gasteiger partial charge on any atom is -0.460 e. The van der Waals surface area contributed by atoms with Crippen LogP contribution in [0.4, 0.5) is 11.4 Å². The van der Waals surface area contributed by atoms with Crippen molar-refractivity contribution in [2.75, 3.05) is 4.90 Å². The number of para-hydroxylation sites is 4. The van der Waals surface area contributed by atoms with Gasteiger partial charge in [-0.3, -0.25) is 0 Å². The summed E-state index contributed by atoms with van der Waals surface area (Å²) in [5, 5.41) is 2.51. The van der Waals surface area contributed by atoms with E-state index in [9.17, 15) is 0 Å². The lowest BCUT2D eigenvalue weighted by Crippen LogP contribution is -2.18. The highest BCUT2D eigenvalue weighted by atomic mass is 16.5. The van der Waals surface area contributed by atoms with Crippen molar-refractivity contribution < 1.29 is 4.74 Å². The van der Waals surface area contributed by atoms with Gasteiger partial charge in [0.05, 0.1) is 11.0 Å². The molecule has 0 N–H and O–H groups in total. The van der Waals surface area contributed by atoms with Gasteiger partial charge in [-0.05, 0) is 71.3 Å². The first-order valence-corrected chi connectivity index (χ1v) is 15.6. The topological polar surface area (TPSA) is 17.4 Å². The SMILES string of the molecule is C1=C2C(CC3=C1c1ccccc1-c1ccccc1O3)c1ccccc1N2c1ccc2c(c1)c1ccccc1n2-c1ccccc1. The predicted molar refractivity (Wildman–Crippen MR) is 184 cm³/mol. The lowest BCUT2D eigenvalue weighted by Gasteiger charge is -2.28. The van der Waals surface area contributed by atoms with Gasteiger partial charge in [-0.2, -0.15) is 0 Å². The Bertz CT molecular complexity index is 2390. The van der Waals surface area contributed by atoms with Gasteiger partial charge < -0.3 is 14.2 Å². The van der Waals surface area contributed by atoms with E-state index in [0.29, 0.717) is 0 Å². The number of hydrogen-bond acceptors (Lipinski definition) is 2. The largest absolute Gasteiger partial charge is 0.460 e. The summed E-state index contributed by atoms with van der Waals surface area (Å²) in [6.45, 7) is 0. The number of anilines is 2. The second-order valence-corrected chi connectivity index (χ2v) is 12.1. The Morgan fingerprint density at radius 1 is 0.556 bits per heavy atom. The Balaban J connectivity index is 1.19. The summed E-state index contributed by atoms with van der Waals surface area (Å²) in [6, 6.07) is 52.4. The van der Waals surface area contributed by atoms with Gasteiger partial charge in [-0.15, -0.1) is 0 Å². The summed E-state index contributed by atoms with van der Waals surface area (Å²) in [7, 11) is 0. The third-order valence-electron chi connectivity index (χ3n) is 9.71. The molecular weight excluding hydrogens is 548 g/mol. The average molecular weight is 577 g/mol. The highest BCUT2D eigenvalue weighted by Gasteiger charge is 2.40. The lowest BCUT2D eigenvalue weighted by atomic mass is 9.84. The summed E-state index contributed by atoms with van der Waals surface area (Å²) >= 11 is 0. The molecule has 0 saturated carbocycles. The van der Waals surface area contributed by atoms with Crippen LogP contribution >= 0.6 is 0 Å². The summed E-state index contributed by atoms with van der Waals surface area (Å²) in [6.07, 6.45) is 3.21. The smallest absolute Gasteiger partial charge is 0.134 e. The highest BCUT2D eigenvalue weighted by molar-refractivity contribution is 6.10. The van der Waals surface area contributed by atoms with Gasteiger partial charge in [0.25, 0.3) is 0 Å². The van der Waals surface area contributed by atoms with E-state index >= 15 is 0 Å². The molecule has 3 aliphatic rings. The molecule has 3 nitrogen and oxygen atoms in total. The van der Waals surface area contributed by atoms with E-state index in [2.05, 4.69) is 161 Å². The Labute approximate surface area is 261 Å². The van der Waals surface area contributed by atoms with E-state index in [0.717, 1.165) is 23.5 Å². The van der Waals surface area contributed by atoms with Gasteiger partial charge in [0.15, 0.2) is 0 Å². The summed E-state index contributed by atoms with van der Waals surface area (Å²) < 4.78 is 9.15. The van der Waals surface area contributed by atoms with Crippen molar-refractivity contribution in [3.63, 3.8) is 0 Å². The van der Waals surface area contributed by atoms with E-state index in [1.807, 2.05) is 0 Å². The van der Waals surface area contributed by atoms with Gasteiger partial charge in [-0.1, -0.05) is 97.1 Å². The first-order valence-electron chi connectivity index (χ1n) is 15.6. The maximum atomic E-state index is 6.77. The van der Waals surface area contributed by atoms with Crippen LogP contribution in [0.5, 0.6) is 5.75 Å². The molecule has 0 amide bonds. The van der Waals surface area contributed by atoms with Crippen LogP contribution in [0, 0.1) is 0 Å². The van der Waals surface area contributed by atoms with Crippen LogP contribution in [0.1, 0.15) is 23.5 Å². The van der Waals surface area contributed by atoms with Crippen molar-refractivity contribution in [2.45, 2.75) is 12.3 Å². The Kier molecular flexibility index (Phi) is 5.11. The molecule has 0 fully saturated rings. The normalized spacial score (nSPS) is 16.3. The summed E-state index contributed by atoms with van der Waals surface area (Å²) in [5.41, 5.74) is 13.4. The third kappa shape index (κ3) is 3.52. The molecule has 1 aliphatic carbocycles. The molecule has 0 saturated heterocycles. The molecule has 0 radical (unpaired) electrons. The molecule has 212 valence electrons. The van der Waals surface area contributed by atoms with Crippen LogP contribution in [0.3, 0.4) is 0 Å². The monoisotopic (exact) mass is 576 g/mol. The minimum absolute atomic E-state index is 0.207. The molecule has 1 atom stereocenters. The second-order valence-electron chi connectivity index (χ2n) is 12.1. The number of aromatic nitrogens is 1. The van der Waals surface area contributed by atoms with Gasteiger partial charge in [0.2, 0.25) is 0 Å².